The largest absolute Gasteiger partial charge is 0.366 e. The van der Waals surface area contributed by atoms with Crippen LogP contribution >= 0.6 is 0 Å². The molecule has 2 aromatic carbocycles. The maximum absolute atomic E-state index is 12.4. The summed E-state index contributed by atoms with van der Waals surface area (Å²) in [6.07, 6.45) is 0. The SMILES string of the molecule is N#Cc1ccccc1C(=O)n1oc(=O)c2ccccc21. The Balaban J connectivity index is 2.24. The lowest BCUT2D eigenvalue weighted by atomic mass is 10.1. The summed E-state index contributed by atoms with van der Waals surface area (Å²) in [4.78, 5) is 24.1. The number of fused-ring (bicyclic) bond motifs is 1. The third-order valence-electron chi connectivity index (χ3n) is 2.98. The van der Waals surface area contributed by atoms with Crippen LogP contribution in [0.2, 0.25) is 0 Å². The third-order valence-corrected chi connectivity index (χ3v) is 2.98. The van der Waals surface area contributed by atoms with Gasteiger partial charge in [-0.05, 0) is 24.3 Å². The second-order valence-corrected chi connectivity index (χ2v) is 4.15. The highest BCUT2D eigenvalue weighted by molar-refractivity contribution is 6.01. The van der Waals surface area contributed by atoms with E-state index in [0.29, 0.717) is 10.9 Å². The summed E-state index contributed by atoms with van der Waals surface area (Å²) in [5, 5.41) is 9.36. The summed E-state index contributed by atoms with van der Waals surface area (Å²) in [6, 6.07) is 14.9. The van der Waals surface area contributed by atoms with Crippen molar-refractivity contribution in [2.45, 2.75) is 0 Å². The summed E-state index contributed by atoms with van der Waals surface area (Å²) >= 11 is 0. The Morgan fingerprint density at radius 1 is 1.10 bits per heavy atom. The predicted octanol–water partition coefficient (Wildman–Crippen LogP) is 2.15. The molecular weight excluding hydrogens is 256 g/mol. The Kier molecular flexibility index (Phi) is 2.70. The fourth-order valence-corrected chi connectivity index (χ4v) is 2.03. The highest BCUT2D eigenvalue weighted by atomic mass is 16.5. The van der Waals surface area contributed by atoms with Crippen molar-refractivity contribution in [2.24, 2.45) is 0 Å². The third kappa shape index (κ3) is 1.71. The van der Waals surface area contributed by atoms with Gasteiger partial charge in [-0.25, -0.2) is 4.79 Å². The smallest absolute Gasteiger partial charge is 0.327 e. The normalized spacial score (nSPS) is 10.3. The molecule has 0 radical (unpaired) electrons. The first kappa shape index (κ1) is 11.9. The summed E-state index contributed by atoms with van der Waals surface area (Å²) in [6.45, 7) is 0. The van der Waals surface area contributed by atoms with Crippen LogP contribution in [0.15, 0.2) is 57.8 Å². The zero-order valence-electron chi connectivity index (χ0n) is 10.2. The van der Waals surface area contributed by atoms with Crippen molar-refractivity contribution in [3.8, 4) is 6.07 Å². The maximum atomic E-state index is 12.4. The van der Waals surface area contributed by atoms with E-state index < -0.39 is 11.5 Å². The number of hydrogen-bond donors (Lipinski definition) is 0. The molecular formula is C15H8N2O3. The standard InChI is InChI=1S/C15H8N2O3/c16-9-10-5-1-2-6-11(10)14(18)17-13-8-4-3-7-12(13)15(19)20-17/h1-8H. The quantitative estimate of drug-likeness (QED) is 0.674. The van der Waals surface area contributed by atoms with Crippen LogP contribution in [-0.2, 0) is 0 Å². The van der Waals surface area contributed by atoms with Gasteiger partial charge in [0.05, 0.1) is 28.1 Å². The van der Waals surface area contributed by atoms with Crippen molar-refractivity contribution in [1.82, 2.24) is 4.74 Å². The predicted molar refractivity (Wildman–Crippen MR) is 71.4 cm³/mol. The number of nitriles is 1. The van der Waals surface area contributed by atoms with Crippen molar-refractivity contribution >= 4 is 16.8 Å². The number of rotatable bonds is 1. The lowest BCUT2D eigenvalue weighted by molar-refractivity contribution is 0.0850. The van der Waals surface area contributed by atoms with Gasteiger partial charge in [0, 0.05) is 0 Å². The molecule has 3 aromatic rings. The number of para-hydroxylation sites is 1. The van der Waals surface area contributed by atoms with Crippen LogP contribution < -0.4 is 5.63 Å². The molecule has 96 valence electrons. The molecule has 0 fully saturated rings. The minimum Gasteiger partial charge on any atom is -0.327 e. The molecule has 1 heterocycles. The number of benzene rings is 2. The minimum absolute atomic E-state index is 0.194. The lowest BCUT2D eigenvalue weighted by Gasteiger charge is -2.03. The van der Waals surface area contributed by atoms with E-state index in [2.05, 4.69) is 0 Å². The van der Waals surface area contributed by atoms with Crippen LogP contribution in [0.1, 0.15) is 15.9 Å². The highest BCUT2D eigenvalue weighted by Crippen LogP contribution is 2.15. The molecule has 0 aliphatic rings. The molecule has 0 unspecified atom stereocenters. The highest BCUT2D eigenvalue weighted by Gasteiger charge is 2.18. The Morgan fingerprint density at radius 2 is 1.80 bits per heavy atom. The number of carbonyl (C=O) groups is 1. The number of hydrogen-bond acceptors (Lipinski definition) is 4. The second-order valence-electron chi connectivity index (χ2n) is 4.15. The molecule has 5 nitrogen and oxygen atoms in total. The van der Waals surface area contributed by atoms with Gasteiger partial charge in [0.1, 0.15) is 0 Å². The Bertz CT molecular complexity index is 913. The van der Waals surface area contributed by atoms with E-state index in [1.54, 1.807) is 36.4 Å². The van der Waals surface area contributed by atoms with Gasteiger partial charge >= 0.3 is 5.63 Å². The van der Waals surface area contributed by atoms with E-state index in [9.17, 15) is 9.59 Å². The Labute approximate surface area is 113 Å². The van der Waals surface area contributed by atoms with Gasteiger partial charge in [0.2, 0.25) is 0 Å². The van der Waals surface area contributed by atoms with Gasteiger partial charge in [-0.1, -0.05) is 24.3 Å². The monoisotopic (exact) mass is 264 g/mol. The van der Waals surface area contributed by atoms with Crippen LogP contribution in [0.5, 0.6) is 0 Å². The number of carbonyl (C=O) groups excluding carboxylic acids is 1. The molecule has 0 spiro atoms. The molecule has 0 amide bonds. The maximum Gasteiger partial charge on any atom is 0.366 e. The van der Waals surface area contributed by atoms with Gasteiger partial charge in [0.25, 0.3) is 5.91 Å². The van der Waals surface area contributed by atoms with Crippen LogP contribution in [0.4, 0.5) is 0 Å². The van der Waals surface area contributed by atoms with E-state index in [0.717, 1.165) is 4.74 Å². The second kappa shape index (κ2) is 4.52. The Morgan fingerprint density at radius 3 is 2.60 bits per heavy atom. The fourth-order valence-electron chi connectivity index (χ4n) is 2.03. The molecule has 0 saturated heterocycles. The summed E-state index contributed by atoms with van der Waals surface area (Å²) in [7, 11) is 0. The summed E-state index contributed by atoms with van der Waals surface area (Å²) in [5.41, 5.74) is 0.232. The van der Waals surface area contributed by atoms with Crippen LogP contribution in [-0.4, -0.2) is 10.6 Å². The molecule has 0 aliphatic heterocycles. The first-order chi connectivity index (χ1) is 9.72. The molecule has 5 heteroatoms. The minimum atomic E-state index is -0.580. The van der Waals surface area contributed by atoms with E-state index in [4.69, 9.17) is 9.78 Å². The van der Waals surface area contributed by atoms with E-state index in [-0.39, 0.29) is 11.1 Å². The van der Waals surface area contributed by atoms with Crippen molar-refractivity contribution < 1.29 is 9.32 Å². The van der Waals surface area contributed by atoms with Crippen LogP contribution in [0, 0.1) is 11.3 Å². The van der Waals surface area contributed by atoms with E-state index in [1.807, 2.05) is 6.07 Å². The molecule has 0 N–H and O–H groups in total. The van der Waals surface area contributed by atoms with Gasteiger partial charge in [-0.15, -0.1) is 4.74 Å². The summed E-state index contributed by atoms with van der Waals surface area (Å²) < 4.78 is 5.91. The molecule has 0 aliphatic carbocycles. The number of nitrogens with zero attached hydrogens (tertiary/aromatic N) is 2. The molecule has 0 saturated carbocycles. The topological polar surface area (TPSA) is 76.0 Å². The Hall–Kier alpha value is -3.13. The average molecular weight is 264 g/mol. The lowest BCUT2D eigenvalue weighted by Crippen LogP contribution is -2.13. The fraction of sp³-hybridized carbons (Fsp3) is 0. The van der Waals surface area contributed by atoms with Gasteiger partial charge in [-0.3, -0.25) is 4.79 Å². The first-order valence-corrected chi connectivity index (χ1v) is 5.87. The van der Waals surface area contributed by atoms with E-state index in [1.165, 1.54) is 12.1 Å². The van der Waals surface area contributed by atoms with E-state index >= 15 is 0 Å². The van der Waals surface area contributed by atoms with Crippen LogP contribution in [0.25, 0.3) is 10.9 Å². The van der Waals surface area contributed by atoms with Crippen molar-refractivity contribution in [1.29, 1.82) is 5.26 Å². The zero-order valence-corrected chi connectivity index (χ0v) is 10.2. The molecule has 3 rings (SSSR count). The molecule has 0 atom stereocenters. The zero-order chi connectivity index (χ0) is 14.1. The van der Waals surface area contributed by atoms with Crippen LogP contribution in [0.3, 0.4) is 0 Å². The molecule has 0 bridgehead atoms. The van der Waals surface area contributed by atoms with Crippen molar-refractivity contribution in [2.75, 3.05) is 0 Å². The van der Waals surface area contributed by atoms with Gasteiger partial charge in [0.15, 0.2) is 0 Å². The van der Waals surface area contributed by atoms with Crippen molar-refractivity contribution in [3.05, 3.63) is 70.1 Å². The molecule has 20 heavy (non-hydrogen) atoms. The van der Waals surface area contributed by atoms with Gasteiger partial charge < -0.3 is 4.52 Å². The molecule has 1 aromatic heterocycles. The summed E-state index contributed by atoms with van der Waals surface area (Å²) in [5.74, 6) is -0.541. The van der Waals surface area contributed by atoms with Gasteiger partial charge in [-0.2, -0.15) is 5.26 Å². The average Bonchev–Trinajstić information content (AvgIpc) is 2.84. The van der Waals surface area contributed by atoms with Crippen molar-refractivity contribution in [3.63, 3.8) is 0 Å². The first-order valence-electron chi connectivity index (χ1n) is 5.87. The number of aromatic nitrogens is 1.